The van der Waals surface area contributed by atoms with Crippen molar-refractivity contribution in [3.8, 4) is 17.1 Å². The maximum atomic E-state index is 13.6. The molecule has 1 aromatic carbocycles. The molecule has 1 amide bonds. The minimum Gasteiger partial charge on any atom is -0.475 e. The Labute approximate surface area is 196 Å². The van der Waals surface area contributed by atoms with Crippen molar-refractivity contribution in [3.05, 3.63) is 71.5 Å². The molecule has 1 atom stereocenters. The van der Waals surface area contributed by atoms with Gasteiger partial charge < -0.3 is 20.3 Å². The number of aromatic nitrogens is 4. The highest BCUT2D eigenvalue weighted by molar-refractivity contribution is 6.02. The van der Waals surface area contributed by atoms with Crippen molar-refractivity contribution in [1.29, 1.82) is 0 Å². The van der Waals surface area contributed by atoms with Gasteiger partial charge in [-0.15, -0.1) is 0 Å². The van der Waals surface area contributed by atoms with Crippen LogP contribution in [0.2, 0.25) is 0 Å². The number of amides is 1. The third-order valence-electron chi connectivity index (χ3n) is 5.00. The minimum atomic E-state index is -4.57. The number of carbonyl (C=O) groups is 1. The van der Waals surface area contributed by atoms with Crippen molar-refractivity contribution in [2.24, 2.45) is 0 Å². The molecule has 4 rings (SSSR count). The second-order valence-corrected chi connectivity index (χ2v) is 7.60. The van der Waals surface area contributed by atoms with E-state index in [2.05, 4.69) is 20.4 Å². The molecule has 182 valence electrons. The van der Waals surface area contributed by atoms with Gasteiger partial charge in [0.15, 0.2) is 11.5 Å². The molecular weight excluding hydrogens is 467 g/mol. The average Bonchev–Trinajstić information content (AvgIpc) is 3.22. The number of benzene rings is 1. The Balaban J connectivity index is 1.65. The molecule has 3 heterocycles. The first-order valence-electron chi connectivity index (χ1n) is 10.4. The van der Waals surface area contributed by atoms with Crippen molar-refractivity contribution in [1.82, 2.24) is 19.6 Å². The maximum absolute atomic E-state index is 13.6. The molecule has 0 bridgehead atoms. The molecule has 0 spiro atoms. The van der Waals surface area contributed by atoms with Gasteiger partial charge in [-0.25, -0.2) is 9.97 Å². The van der Waals surface area contributed by atoms with E-state index in [-0.39, 0.29) is 35.3 Å². The zero-order valence-electron chi connectivity index (χ0n) is 18.3. The molecule has 9 nitrogen and oxygen atoms in total. The summed E-state index contributed by atoms with van der Waals surface area (Å²) in [6, 6.07) is 11.1. The molecule has 0 aliphatic rings. The first kappa shape index (κ1) is 24.1. The number of aliphatic hydroxyl groups is 2. The zero-order chi connectivity index (χ0) is 25.2. The van der Waals surface area contributed by atoms with Crippen LogP contribution < -0.4 is 10.1 Å². The number of ether oxygens (including phenoxy) is 1. The average molecular weight is 487 g/mol. The lowest BCUT2D eigenvalue weighted by atomic mass is 10.0. The topological polar surface area (TPSA) is 122 Å². The molecule has 4 aromatic rings. The van der Waals surface area contributed by atoms with Crippen LogP contribution in [0.3, 0.4) is 0 Å². The molecule has 0 fully saturated rings. The SMILES string of the molecule is Cc1cc2ncc(NC(=O)c3cccc(OCC(O)CO)n3)n2nc1-c1ccccc1C(F)(F)F. The third kappa shape index (κ3) is 5.23. The Morgan fingerprint density at radius 3 is 2.71 bits per heavy atom. The van der Waals surface area contributed by atoms with E-state index in [4.69, 9.17) is 9.84 Å². The van der Waals surface area contributed by atoms with E-state index >= 15 is 0 Å². The fourth-order valence-electron chi connectivity index (χ4n) is 3.33. The Kier molecular flexibility index (Phi) is 6.67. The number of hydrogen-bond donors (Lipinski definition) is 3. The third-order valence-corrected chi connectivity index (χ3v) is 5.00. The summed E-state index contributed by atoms with van der Waals surface area (Å²) in [7, 11) is 0. The van der Waals surface area contributed by atoms with Crippen LogP contribution in [-0.4, -0.2) is 55.0 Å². The van der Waals surface area contributed by atoms with E-state index in [9.17, 15) is 23.1 Å². The van der Waals surface area contributed by atoms with Gasteiger partial charge in [-0.05, 0) is 30.7 Å². The van der Waals surface area contributed by atoms with Crippen molar-refractivity contribution in [2.45, 2.75) is 19.2 Å². The molecule has 3 aromatic heterocycles. The van der Waals surface area contributed by atoms with Gasteiger partial charge in [0.05, 0.1) is 24.1 Å². The molecule has 0 aliphatic carbocycles. The number of pyridine rings is 1. The Bertz CT molecular complexity index is 1370. The number of aliphatic hydroxyl groups excluding tert-OH is 2. The Morgan fingerprint density at radius 1 is 1.20 bits per heavy atom. The zero-order valence-corrected chi connectivity index (χ0v) is 18.3. The number of halogens is 3. The summed E-state index contributed by atoms with van der Waals surface area (Å²) < 4.78 is 47.2. The van der Waals surface area contributed by atoms with Crippen LogP contribution in [0.5, 0.6) is 5.88 Å². The van der Waals surface area contributed by atoms with Crippen LogP contribution in [0.15, 0.2) is 54.7 Å². The number of nitrogens with zero attached hydrogens (tertiary/aromatic N) is 4. The standard InChI is InChI=1S/C23H20F3N5O4/c1-13-9-18-27-10-19(29-22(34)17-7-4-8-20(28-17)35-12-14(33)11-32)31(18)30-21(13)15-5-2-3-6-16(15)23(24,25)26/h2-10,14,32-33H,11-12H2,1H3,(H,29,34). The molecule has 0 saturated heterocycles. The lowest BCUT2D eigenvalue weighted by Crippen LogP contribution is -2.22. The monoisotopic (exact) mass is 487 g/mol. The number of rotatable bonds is 7. The summed E-state index contributed by atoms with van der Waals surface area (Å²) in [6.45, 7) is 0.926. The summed E-state index contributed by atoms with van der Waals surface area (Å²) in [5, 5.41) is 25.2. The number of imidazole rings is 1. The smallest absolute Gasteiger partial charge is 0.417 e. The van der Waals surface area contributed by atoms with Gasteiger partial charge in [0.1, 0.15) is 18.4 Å². The minimum absolute atomic E-state index is 0.0225. The van der Waals surface area contributed by atoms with Gasteiger partial charge >= 0.3 is 6.18 Å². The van der Waals surface area contributed by atoms with Crippen molar-refractivity contribution in [3.63, 3.8) is 0 Å². The molecular formula is C23H20F3N5O4. The van der Waals surface area contributed by atoms with E-state index in [1.165, 1.54) is 47.1 Å². The van der Waals surface area contributed by atoms with Gasteiger partial charge in [-0.1, -0.05) is 24.3 Å². The van der Waals surface area contributed by atoms with Gasteiger partial charge in [0, 0.05) is 11.6 Å². The molecule has 0 aliphatic heterocycles. The maximum Gasteiger partial charge on any atom is 0.417 e. The second-order valence-electron chi connectivity index (χ2n) is 7.60. The van der Waals surface area contributed by atoms with E-state index < -0.39 is 30.4 Å². The lowest BCUT2D eigenvalue weighted by molar-refractivity contribution is -0.137. The first-order chi connectivity index (χ1) is 16.7. The molecule has 0 saturated carbocycles. The number of alkyl halides is 3. The van der Waals surface area contributed by atoms with Crippen LogP contribution in [0.1, 0.15) is 21.6 Å². The van der Waals surface area contributed by atoms with Crippen LogP contribution >= 0.6 is 0 Å². The first-order valence-corrected chi connectivity index (χ1v) is 10.4. The molecule has 1 unspecified atom stereocenters. The van der Waals surface area contributed by atoms with Crippen molar-refractivity contribution >= 4 is 17.4 Å². The fourth-order valence-corrected chi connectivity index (χ4v) is 3.33. The van der Waals surface area contributed by atoms with Gasteiger partial charge in [0.2, 0.25) is 5.88 Å². The van der Waals surface area contributed by atoms with E-state index in [1.807, 2.05) is 0 Å². The summed E-state index contributed by atoms with van der Waals surface area (Å²) >= 11 is 0. The normalized spacial score (nSPS) is 12.5. The van der Waals surface area contributed by atoms with E-state index in [0.717, 1.165) is 6.07 Å². The fraction of sp³-hybridized carbons (Fsp3) is 0.217. The molecule has 12 heteroatoms. The number of fused-ring (bicyclic) bond motifs is 1. The van der Waals surface area contributed by atoms with E-state index in [0.29, 0.717) is 11.2 Å². The van der Waals surface area contributed by atoms with Gasteiger partial charge in [0.25, 0.3) is 5.91 Å². The van der Waals surface area contributed by atoms with Crippen molar-refractivity contribution in [2.75, 3.05) is 18.5 Å². The lowest BCUT2D eigenvalue weighted by Gasteiger charge is -2.14. The molecule has 3 N–H and O–H groups in total. The van der Waals surface area contributed by atoms with Crippen LogP contribution in [0.4, 0.5) is 19.0 Å². The Hall–Kier alpha value is -4.03. The second kappa shape index (κ2) is 9.68. The number of nitrogens with one attached hydrogen (secondary N) is 1. The van der Waals surface area contributed by atoms with Crippen LogP contribution in [-0.2, 0) is 6.18 Å². The van der Waals surface area contributed by atoms with Gasteiger partial charge in [-0.3, -0.25) is 4.79 Å². The van der Waals surface area contributed by atoms with Gasteiger partial charge in [-0.2, -0.15) is 22.8 Å². The highest BCUT2D eigenvalue weighted by Crippen LogP contribution is 2.37. The Morgan fingerprint density at radius 2 is 1.97 bits per heavy atom. The summed E-state index contributed by atoms with van der Waals surface area (Å²) in [5.41, 5.74) is -0.0427. The summed E-state index contributed by atoms with van der Waals surface area (Å²) in [4.78, 5) is 21.0. The number of carbonyl (C=O) groups excluding carboxylic acids is 1. The number of hydrogen-bond acceptors (Lipinski definition) is 7. The highest BCUT2D eigenvalue weighted by Gasteiger charge is 2.34. The summed E-state index contributed by atoms with van der Waals surface area (Å²) in [5.74, 6) is -0.456. The van der Waals surface area contributed by atoms with Crippen LogP contribution in [0.25, 0.3) is 16.9 Å². The summed E-state index contributed by atoms with van der Waals surface area (Å²) in [6.07, 6.45) is -4.34. The molecule has 35 heavy (non-hydrogen) atoms. The van der Waals surface area contributed by atoms with Crippen LogP contribution in [0, 0.1) is 6.92 Å². The largest absolute Gasteiger partial charge is 0.475 e. The number of aryl methyl sites for hydroxylation is 1. The van der Waals surface area contributed by atoms with E-state index in [1.54, 1.807) is 13.0 Å². The molecule has 0 radical (unpaired) electrons. The predicted molar refractivity (Wildman–Crippen MR) is 119 cm³/mol. The highest BCUT2D eigenvalue weighted by atomic mass is 19.4. The quantitative estimate of drug-likeness (QED) is 0.366. The predicted octanol–water partition coefficient (Wildman–Crippen LogP) is 3.10. The number of anilines is 1. The van der Waals surface area contributed by atoms with Crippen molar-refractivity contribution < 1.29 is 32.9 Å².